The van der Waals surface area contributed by atoms with E-state index < -0.39 is 0 Å². The van der Waals surface area contributed by atoms with E-state index in [-0.39, 0.29) is 10.7 Å². The van der Waals surface area contributed by atoms with Crippen LogP contribution in [0.3, 0.4) is 0 Å². The topological polar surface area (TPSA) is 26.3 Å². The minimum absolute atomic E-state index is 0.0358. The third-order valence-electron chi connectivity index (χ3n) is 3.08. The van der Waals surface area contributed by atoms with Crippen molar-refractivity contribution >= 4 is 17.7 Å². The maximum atomic E-state index is 12.1. The molecule has 0 aromatic heterocycles. The fourth-order valence-electron chi connectivity index (χ4n) is 2.26. The lowest BCUT2D eigenvalue weighted by molar-refractivity contribution is -0.146. The van der Waals surface area contributed by atoms with Gasteiger partial charge < -0.3 is 4.74 Å². The summed E-state index contributed by atoms with van der Waals surface area (Å²) in [5.74, 6) is 1.03. The van der Waals surface area contributed by atoms with Crippen LogP contribution in [0.4, 0.5) is 0 Å². The summed E-state index contributed by atoms with van der Waals surface area (Å²) >= 11 is 1.76. The number of hydrogen-bond acceptors (Lipinski definition) is 3. The molecule has 92 valence electrons. The van der Waals surface area contributed by atoms with E-state index in [1.807, 2.05) is 25.1 Å². The SMILES string of the molecule is CCOC(=O)C1(Cc2ccccc2)CCCS1. The molecule has 1 aliphatic heterocycles. The average molecular weight is 250 g/mol. The molecule has 0 bridgehead atoms. The fourth-order valence-corrected chi connectivity index (χ4v) is 3.67. The van der Waals surface area contributed by atoms with Crippen molar-refractivity contribution in [2.24, 2.45) is 0 Å². The van der Waals surface area contributed by atoms with Gasteiger partial charge in [-0.2, -0.15) is 0 Å². The Morgan fingerprint density at radius 3 is 2.76 bits per heavy atom. The molecule has 0 saturated carbocycles. The predicted octanol–water partition coefficient (Wildman–Crippen LogP) is 3.06. The van der Waals surface area contributed by atoms with Crippen LogP contribution in [0.2, 0.25) is 0 Å². The highest BCUT2D eigenvalue weighted by atomic mass is 32.2. The van der Waals surface area contributed by atoms with Crippen molar-refractivity contribution in [3.63, 3.8) is 0 Å². The molecule has 1 aromatic rings. The second-order valence-electron chi connectivity index (χ2n) is 4.33. The predicted molar refractivity (Wildman–Crippen MR) is 71.2 cm³/mol. The first-order chi connectivity index (χ1) is 8.27. The summed E-state index contributed by atoms with van der Waals surface area (Å²) in [5, 5.41) is 0. The van der Waals surface area contributed by atoms with Gasteiger partial charge in [0.15, 0.2) is 0 Å². The van der Waals surface area contributed by atoms with Crippen LogP contribution in [0.25, 0.3) is 0 Å². The Labute approximate surface area is 107 Å². The maximum Gasteiger partial charge on any atom is 0.322 e. The monoisotopic (exact) mass is 250 g/mol. The largest absolute Gasteiger partial charge is 0.465 e. The minimum Gasteiger partial charge on any atom is -0.465 e. The van der Waals surface area contributed by atoms with Crippen LogP contribution in [0.1, 0.15) is 25.3 Å². The molecule has 1 fully saturated rings. The number of ether oxygens (including phenoxy) is 1. The van der Waals surface area contributed by atoms with Crippen molar-refractivity contribution in [3.05, 3.63) is 35.9 Å². The number of carbonyl (C=O) groups is 1. The Kier molecular flexibility index (Phi) is 4.11. The number of hydrogen-bond donors (Lipinski definition) is 0. The lowest BCUT2D eigenvalue weighted by Crippen LogP contribution is -2.36. The summed E-state index contributed by atoms with van der Waals surface area (Å²) in [6.45, 7) is 2.34. The first kappa shape index (κ1) is 12.5. The van der Waals surface area contributed by atoms with E-state index in [1.165, 1.54) is 5.56 Å². The van der Waals surface area contributed by atoms with Crippen LogP contribution in [0.15, 0.2) is 30.3 Å². The van der Waals surface area contributed by atoms with Gasteiger partial charge >= 0.3 is 5.97 Å². The van der Waals surface area contributed by atoms with Crippen molar-refractivity contribution in [3.8, 4) is 0 Å². The van der Waals surface area contributed by atoms with Crippen LogP contribution in [0.5, 0.6) is 0 Å². The van der Waals surface area contributed by atoms with Gasteiger partial charge in [0.05, 0.1) is 6.61 Å². The highest BCUT2D eigenvalue weighted by Crippen LogP contribution is 2.41. The number of carbonyl (C=O) groups excluding carboxylic acids is 1. The van der Waals surface area contributed by atoms with Gasteiger partial charge in [-0.15, -0.1) is 11.8 Å². The molecular weight excluding hydrogens is 232 g/mol. The normalized spacial score (nSPS) is 23.6. The van der Waals surface area contributed by atoms with E-state index >= 15 is 0 Å². The third-order valence-corrected chi connectivity index (χ3v) is 4.64. The van der Waals surface area contributed by atoms with Crippen molar-refractivity contribution in [1.82, 2.24) is 0 Å². The molecule has 2 nitrogen and oxygen atoms in total. The summed E-state index contributed by atoms with van der Waals surface area (Å²) < 4.78 is 4.91. The molecule has 0 N–H and O–H groups in total. The minimum atomic E-state index is -0.336. The van der Waals surface area contributed by atoms with Crippen molar-refractivity contribution in [2.75, 3.05) is 12.4 Å². The summed E-state index contributed by atoms with van der Waals surface area (Å²) in [6, 6.07) is 10.2. The van der Waals surface area contributed by atoms with Gasteiger partial charge in [0.25, 0.3) is 0 Å². The van der Waals surface area contributed by atoms with Crippen LogP contribution in [0, 0.1) is 0 Å². The van der Waals surface area contributed by atoms with Crippen molar-refractivity contribution in [1.29, 1.82) is 0 Å². The number of rotatable bonds is 4. The third kappa shape index (κ3) is 2.83. The second kappa shape index (κ2) is 5.58. The molecule has 1 saturated heterocycles. The molecule has 17 heavy (non-hydrogen) atoms. The van der Waals surface area contributed by atoms with Gasteiger partial charge in [0.1, 0.15) is 4.75 Å². The number of benzene rings is 1. The lowest BCUT2D eigenvalue weighted by Gasteiger charge is -2.25. The molecule has 2 rings (SSSR count). The highest BCUT2D eigenvalue weighted by molar-refractivity contribution is 8.01. The lowest BCUT2D eigenvalue weighted by atomic mass is 9.94. The van der Waals surface area contributed by atoms with Crippen molar-refractivity contribution in [2.45, 2.75) is 30.9 Å². The van der Waals surface area contributed by atoms with E-state index in [1.54, 1.807) is 11.8 Å². The van der Waals surface area contributed by atoms with Crippen LogP contribution in [-0.2, 0) is 16.0 Å². The quantitative estimate of drug-likeness (QED) is 0.768. The highest BCUT2D eigenvalue weighted by Gasteiger charge is 2.43. The summed E-state index contributed by atoms with van der Waals surface area (Å²) in [5.41, 5.74) is 1.22. The molecule has 1 unspecified atom stereocenters. The Hall–Kier alpha value is -0.960. The molecule has 1 atom stereocenters. The van der Waals surface area contributed by atoms with E-state index in [0.29, 0.717) is 6.61 Å². The average Bonchev–Trinajstić information content (AvgIpc) is 2.80. The molecule has 0 aliphatic carbocycles. The van der Waals surface area contributed by atoms with Gasteiger partial charge in [-0.1, -0.05) is 30.3 Å². The maximum absolute atomic E-state index is 12.1. The zero-order valence-corrected chi connectivity index (χ0v) is 11.0. The smallest absolute Gasteiger partial charge is 0.322 e. The van der Waals surface area contributed by atoms with Crippen LogP contribution in [-0.4, -0.2) is 23.1 Å². The first-order valence-electron chi connectivity index (χ1n) is 6.12. The molecule has 0 radical (unpaired) electrons. The summed E-state index contributed by atoms with van der Waals surface area (Å²) in [6.07, 6.45) is 2.83. The fraction of sp³-hybridized carbons (Fsp3) is 0.500. The van der Waals surface area contributed by atoms with E-state index in [9.17, 15) is 4.79 Å². The van der Waals surface area contributed by atoms with Crippen LogP contribution >= 0.6 is 11.8 Å². The zero-order chi connectivity index (χ0) is 12.1. The second-order valence-corrected chi connectivity index (χ2v) is 5.81. The van der Waals surface area contributed by atoms with Gasteiger partial charge in [-0.3, -0.25) is 4.79 Å². The molecule has 1 aromatic carbocycles. The van der Waals surface area contributed by atoms with Gasteiger partial charge in [0.2, 0.25) is 0 Å². The molecular formula is C14H18O2S. The van der Waals surface area contributed by atoms with E-state index in [2.05, 4.69) is 12.1 Å². The van der Waals surface area contributed by atoms with Gasteiger partial charge in [0, 0.05) is 0 Å². The first-order valence-corrected chi connectivity index (χ1v) is 7.10. The molecule has 1 aliphatic rings. The summed E-state index contributed by atoms with van der Waals surface area (Å²) in [7, 11) is 0. The van der Waals surface area contributed by atoms with E-state index in [0.717, 1.165) is 25.0 Å². The molecule has 3 heteroatoms. The number of esters is 1. The van der Waals surface area contributed by atoms with Gasteiger partial charge in [-0.05, 0) is 37.5 Å². The summed E-state index contributed by atoms with van der Waals surface area (Å²) in [4.78, 5) is 12.1. The Morgan fingerprint density at radius 1 is 1.41 bits per heavy atom. The van der Waals surface area contributed by atoms with Gasteiger partial charge in [-0.25, -0.2) is 0 Å². The Balaban J connectivity index is 2.15. The molecule has 0 amide bonds. The standard InChI is InChI=1S/C14H18O2S/c1-2-16-13(15)14(9-6-10-17-14)11-12-7-4-3-5-8-12/h3-5,7-8H,2,6,9-11H2,1H3. The van der Waals surface area contributed by atoms with Crippen LogP contribution < -0.4 is 0 Å². The number of thioether (sulfide) groups is 1. The Morgan fingerprint density at radius 2 is 2.18 bits per heavy atom. The Bertz CT molecular complexity index is 369. The zero-order valence-electron chi connectivity index (χ0n) is 10.1. The van der Waals surface area contributed by atoms with Crippen molar-refractivity contribution < 1.29 is 9.53 Å². The molecule has 1 heterocycles. The molecule has 0 spiro atoms. The van der Waals surface area contributed by atoms with E-state index in [4.69, 9.17) is 4.74 Å².